The minimum Gasteiger partial charge on any atom is -0.493 e. The van der Waals surface area contributed by atoms with E-state index >= 15 is 0 Å². The van der Waals surface area contributed by atoms with Crippen LogP contribution < -0.4 is 14.2 Å². The Balaban J connectivity index is 1.51. The molecule has 4 aromatic carbocycles. The second kappa shape index (κ2) is 8.59. The number of methoxy groups -OCH3 is 2. The van der Waals surface area contributed by atoms with Gasteiger partial charge in [0.1, 0.15) is 12.1 Å². The maximum Gasteiger partial charge on any atom is 0.228 e. The standard InChI is InChI=1S/C31H24N4O3/c1-18-7-6-9-21(15-18)29-33-30-27-26(20-12-14-24(36-2)25(16-20)37-3)23-13-11-19-8-4-5-10-22(19)28(23)38-31(27)32-17-35(30)34-29/h4-17,26H,1-3H3/t26-/m0/s1. The van der Waals surface area contributed by atoms with Crippen LogP contribution in [0.3, 0.4) is 0 Å². The lowest BCUT2D eigenvalue weighted by molar-refractivity contribution is 0.354. The number of benzene rings is 4. The topological polar surface area (TPSA) is 70.8 Å². The fourth-order valence-corrected chi connectivity index (χ4v) is 5.33. The van der Waals surface area contributed by atoms with Gasteiger partial charge < -0.3 is 14.2 Å². The van der Waals surface area contributed by atoms with Crippen LogP contribution in [0, 0.1) is 6.92 Å². The van der Waals surface area contributed by atoms with Crippen molar-refractivity contribution in [2.75, 3.05) is 14.2 Å². The highest BCUT2D eigenvalue weighted by Crippen LogP contribution is 2.51. The summed E-state index contributed by atoms with van der Waals surface area (Å²) in [5, 5.41) is 6.91. The summed E-state index contributed by atoms with van der Waals surface area (Å²) in [5.74, 6) is 3.06. The molecule has 0 saturated heterocycles. The van der Waals surface area contributed by atoms with Crippen LogP contribution in [-0.4, -0.2) is 33.8 Å². The van der Waals surface area contributed by atoms with Gasteiger partial charge in [0.25, 0.3) is 0 Å². The molecule has 1 aliphatic rings. The van der Waals surface area contributed by atoms with Crippen LogP contribution >= 0.6 is 0 Å². The average Bonchev–Trinajstić information content (AvgIpc) is 3.40. The molecule has 3 heterocycles. The number of nitrogens with zero attached hydrogens (tertiary/aromatic N) is 4. The summed E-state index contributed by atoms with van der Waals surface area (Å²) in [7, 11) is 3.28. The minimum atomic E-state index is -0.219. The normalized spacial score (nSPS) is 14.1. The summed E-state index contributed by atoms with van der Waals surface area (Å²) in [6.07, 6.45) is 1.67. The fraction of sp³-hybridized carbons (Fsp3) is 0.129. The van der Waals surface area contributed by atoms with Crippen molar-refractivity contribution in [2.24, 2.45) is 0 Å². The zero-order valence-corrected chi connectivity index (χ0v) is 21.2. The van der Waals surface area contributed by atoms with Crippen LogP contribution in [0.25, 0.3) is 27.8 Å². The molecule has 2 aromatic heterocycles. The Morgan fingerprint density at radius 2 is 1.74 bits per heavy atom. The van der Waals surface area contributed by atoms with E-state index in [9.17, 15) is 0 Å². The van der Waals surface area contributed by atoms with Crippen LogP contribution in [0.2, 0.25) is 0 Å². The third-order valence-corrected chi connectivity index (χ3v) is 7.11. The zero-order valence-electron chi connectivity index (χ0n) is 21.2. The van der Waals surface area contributed by atoms with Crippen LogP contribution in [0.4, 0.5) is 0 Å². The Morgan fingerprint density at radius 3 is 2.58 bits per heavy atom. The maximum absolute atomic E-state index is 6.54. The Labute approximate surface area is 219 Å². The predicted octanol–water partition coefficient (Wildman–Crippen LogP) is 6.56. The Kier molecular flexibility index (Phi) is 5.04. The molecule has 0 bridgehead atoms. The van der Waals surface area contributed by atoms with Gasteiger partial charge in [0.15, 0.2) is 23.0 Å². The van der Waals surface area contributed by atoms with Crippen LogP contribution in [0.5, 0.6) is 23.1 Å². The zero-order chi connectivity index (χ0) is 25.8. The van der Waals surface area contributed by atoms with Crippen molar-refractivity contribution >= 4 is 16.4 Å². The van der Waals surface area contributed by atoms with Crippen molar-refractivity contribution in [3.05, 3.63) is 107 Å². The molecule has 0 aliphatic carbocycles. The number of aryl methyl sites for hydroxylation is 1. The first kappa shape index (κ1) is 22.3. The van der Waals surface area contributed by atoms with E-state index in [-0.39, 0.29) is 5.92 Å². The van der Waals surface area contributed by atoms with E-state index in [1.54, 1.807) is 25.1 Å². The molecular weight excluding hydrogens is 476 g/mol. The highest BCUT2D eigenvalue weighted by atomic mass is 16.5. The van der Waals surface area contributed by atoms with Gasteiger partial charge >= 0.3 is 0 Å². The van der Waals surface area contributed by atoms with Crippen molar-refractivity contribution in [2.45, 2.75) is 12.8 Å². The van der Waals surface area contributed by atoms with Crippen molar-refractivity contribution in [3.8, 4) is 34.5 Å². The Morgan fingerprint density at radius 1 is 0.868 bits per heavy atom. The summed E-state index contributed by atoms with van der Waals surface area (Å²) in [6, 6.07) is 26.7. The molecule has 0 spiro atoms. The molecule has 7 heteroatoms. The van der Waals surface area contributed by atoms with Gasteiger partial charge in [0.05, 0.1) is 19.8 Å². The third-order valence-electron chi connectivity index (χ3n) is 7.11. The van der Waals surface area contributed by atoms with Gasteiger partial charge in [0, 0.05) is 22.4 Å². The van der Waals surface area contributed by atoms with E-state index in [2.05, 4.69) is 49.4 Å². The van der Waals surface area contributed by atoms with Crippen molar-refractivity contribution in [3.63, 3.8) is 0 Å². The Bertz CT molecular complexity index is 1860. The molecule has 0 unspecified atom stereocenters. The number of ether oxygens (including phenoxy) is 3. The molecule has 7 rings (SSSR count). The van der Waals surface area contributed by atoms with Crippen LogP contribution in [0.15, 0.2) is 85.2 Å². The minimum absolute atomic E-state index is 0.219. The number of hydrogen-bond acceptors (Lipinski definition) is 6. The molecule has 1 atom stereocenters. The van der Waals surface area contributed by atoms with Crippen molar-refractivity contribution < 1.29 is 14.2 Å². The second-order valence-corrected chi connectivity index (χ2v) is 9.39. The van der Waals surface area contributed by atoms with Gasteiger partial charge in [0.2, 0.25) is 5.88 Å². The molecule has 6 aromatic rings. The maximum atomic E-state index is 6.54. The molecule has 0 saturated carbocycles. The van der Waals surface area contributed by atoms with E-state index in [1.165, 1.54) is 0 Å². The van der Waals surface area contributed by atoms with Crippen LogP contribution in [0.1, 0.15) is 28.2 Å². The quantitative estimate of drug-likeness (QED) is 0.273. The SMILES string of the molecule is COc1ccc([C@H]2c3ccc4ccccc4c3Oc3ncn4nc(-c5cccc(C)c5)nc4c32)cc1OC. The lowest BCUT2D eigenvalue weighted by atomic mass is 9.82. The largest absolute Gasteiger partial charge is 0.493 e. The number of aromatic nitrogens is 4. The lowest BCUT2D eigenvalue weighted by Crippen LogP contribution is -2.15. The molecular formula is C31H24N4O3. The number of hydrogen-bond donors (Lipinski definition) is 0. The third kappa shape index (κ3) is 3.39. The van der Waals surface area contributed by atoms with E-state index in [4.69, 9.17) is 29.3 Å². The van der Waals surface area contributed by atoms with Gasteiger partial charge in [-0.1, -0.05) is 66.2 Å². The van der Waals surface area contributed by atoms with E-state index in [0.29, 0.717) is 28.9 Å². The molecule has 7 nitrogen and oxygen atoms in total. The highest BCUT2D eigenvalue weighted by Gasteiger charge is 2.35. The van der Waals surface area contributed by atoms with Crippen molar-refractivity contribution in [1.29, 1.82) is 0 Å². The second-order valence-electron chi connectivity index (χ2n) is 9.39. The van der Waals surface area contributed by atoms with E-state index < -0.39 is 0 Å². The van der Waals surface area contributed by atoms with Gasteiger partial charge in [-0.05, 0) is 36.1 Å². The summed E-state index contributed by atoms with van der Waals surface area (Å²) >= 11 is 0. The highest BCUT2D eigenvalue weighted by molar-refractivity contribution is 5.91. The van der Waals surface area contributed by atoms with Gasteiger partial charge in [-0.3, -0.25) is 0 Å². The molecule has 0 N–H and O–H groups in total. The summed E-state index contributed by atoms with van der Waals surface area (Å²) < 4.78 is 19.5. The van der Waals surface area contributed by atoms with Gasteiger partial charge in [-0.15, -0.1) is 5.10 Å². The monoisotopic (exact) mass is 500 g/mol. The molecule has 0 radical (unpaired) electrons. The first-order valence-electron chi connectivity index (χ1n) is 12.4. The number of fused-ring (bicyclic) bond motifs is 6. The van der Waals surface area contributed by atoms with Crippen LogP contribution in [-0.2, 0) is 0 Å². The predicted molar refractivity (Wildman–Crippen MR) is 145 cm³/mol. The van der Waals surface area contributed by atoms with E-state index in [1.807, 2.05) is 36.4 Å². The summed E-state index contributed by atoms with van der Waals surface area (Å²) in [4.78, 5) is 9.71. The smallest absolute Gasteiger partial charge is 0.228 e. The Hall–Kier alpha value is -4.91. The molecule has 1 aliphatic heterocycles. The average molecular weight is 501 g/mol. The molecule has 0 fully saturated rings. The first-order chi connectivity index (χ1) is 18.6. The van der Waals surface area contributed by atoms with E-state index in [0.717, 1.165) is 44.3 Å². The molecule has 186 valence electrons. The summed E-state index contributed by atoms with van der Waals surface area (Å²) in [5.41, 5.74) is 5.69. The first-order valence-corrected chi connectivity index (χ1v) is 12.4. The van der Waals surface area contributed by atoms with Gasteiger partial charge in [-0.2, -0.15) is 0 Å². The van der Waals surface area contributed by atoms with Crippen molar-refractivity contribution in [1.82, 2.24) is 19.6 Å². The molecule has 0 amide bonds. The summed E-state index contributed by atoms with van der Waals surface area (Å²) in [6.45, 7) is 2.06. The lowest BCUT2D eigenvalue weighted by Gasteiger charge is -2.29. The number of rotatable bonds is 4. The fourth-order valence-electron chi connectivity index (χ4n) is 5.33. The van der Waals surface area contributed by atoms with Gasteiger partial charge in [-0.25, -0.2) is 14.5 Å². The molecule has 38 heavy (non-hydrogen) atoms.